The summed E-state index contributed by atoms with van der Waals surface area (Å²) in [4.78, 5) is 23.5. The minimum atomic E-state index is -0.689. The summed E-state index contributed by atoms with van der Waals surface area (Å²) < 4.78 is 10.8. The highest BCUT2D eigenvalue weighted by Gasteiger charge is 2.22. The first-order chi connectivity index (χ1) is 11.9. The molecule has 0 bridgehead atoms. The summed E-state index contributed by atoms with van der Waals surface area (Å²) in [7, 11) is 1.54. The van der Waals surface area contributed by atoms with E-state index >= 15 is 0 Å². The van der Waals surface area contributed by atoms with Crippen molar-refractivity contribution in [1.29, 1.82) is 0 Å². The van der Waals surface area contributed by atoms with Gasteiger partial charge in [0.25, 0.3) is 0 Å². The van der Waals surface area contributed by atoms with Crippen molar-refractivity contribution in [3.63, 3.8) is 0 Å². The molecule has 0 aromatic heterocycles. The second-order valence-corrected chi connectivity index (χ2v) is 5.62. The summed E-state index contributed by atoms with van der Waals surface area (Å²) in [5.41, 5.74) is 6.11. The topological polar surface area (TPSA) is 90.6 Å². The van der Waals surface area contributed by atoms with E-state index in [1.165, 1.54) is 6.08 Å². The van der Waals surface area contributed by atoms with Crippen LogP contribution in [0.1, 0.15) is 25.8 Å². The molecule has 1 aromatic rings. The zero-order valence-electron chi connectivity index (χ0n) is 15.0. The second-order valence-electron chi connectivity index (χ2n) is 5.62. The van der Waals surface area contributed by atoms with Gasteiger partial charge in [0, 0.05) is 6.08 Å². The molecule has 3 N–H and O–H groups in total. The smallest absolute Gasteiger partial charge is 0.244 e. The van der Waals surface area contributed by atoms with Gasteiger partial charge in [-0.15, -0.1) is 0 Å². The van der Waals surface area contributed by atoms with Crippen molar-refractivity contribution in [2.24, 2.45) is 11.7 Å². The molecular weight excluding hydrogens is 320 g/mol. The zero-order chi connectivity index (χ0) is 18.8. The van der Waals surface area contributed by atoms with Crippen LogP contribution in [-0.2, 0) is 9.59 Å². The number of carbonyl (C=O) groups excluding carboxylic acids is 2. The second kappa shape index (κ2) is 10.2. The average Bonchev–Trinajstić information content (AvgIpc) is 2.61. The molecule has 2 unspecified atom stereocenters. The fourth-order valence-electron chi connectivity index (χ4n) is 2.16. The molecular formula is C19H26N2O4. The Labute approximate surface area is 148 Å². The highest BCUT2D eigenvalue weighted by molar-refractivity contribution is 5.95. The van der Waals surface area contributed by atoms with Crippen molar-refractivity contribution in [2.45, 2.75) is 26.3 Å². The predicted octanol–water partition coefficient (Wildman–Crippen LogP) is 2.29. The lowest BCUT2D eigenvalue weighted by atomic mass is 9.98. The Balaban J connectivity index is 2.81. The fraction of sp³-hybridized carbons (Fsp3) is 0.368. The van der Waals surface area contributed by atoms with Gasteiger partial charge < -0.3 is 20.5 Å². The minimum Gasteiger partial charge on any atom is -0.493 e. The SMILES string of the molecule is C=CCOc1ccc(C=CC(=O)NC(C(N)=O)C(C)CC)cc1OC. The summed E-state index contributed by atoms with van der Waals surface area (Å²) in [6.45, 7) is 7.77. The third-order valence-electron chi connectivity index (χ3n) is 3.79. The van der Waals surface area contributed by atoms with E-state index in [4.69, 9.17) is 15.2 Å². The van der Waals surface area contributed by atoms with Gasteiger partial charge in [-0.25, -0.2) is 0 Å². The van der Waals surface area contributed by atoms with Crippen LogP contribution in [0.3, 0.4) is 0 Å². The maximum atomic E-state index is 12.0. The van der Waals surface area contributed by atoms with Gasteiger partial charge in [-0.2, -0.15) is 0 Å². The van der Waals surface area contributed by atoms with Crippen molar-refractivity contribution in [1.82, 2.24) is 5.32 Å². The maximum absolute atomic E-state index is 12.0. The van der Waals surface area contributed by atoms with Crippen molar-refractivity contribution in [2.75, 3.05) is 13.7 Å². The number of benzene rings is 1. The van der Waals surface area contributed by atoms with Gasteiger partial charge in [0.2, 0.25) is 11.8 Å². The van der Waals surface area contributed by atoms with Crippen LogP contribution in [0, 0.1) is 5.92 Å². The van der Waals surface area contributed by atoms with Crippen molar-refractivity contribution in [3.8, 4) is 11.5 Å². The molecule has 0 aliphatic carbocycles. The molecule has 1 aromatic carbocycles. The van der Waals surface area contributed by atoms with Gasteiger partial charge in [0.1, 0.15) is 12.6 Å². The number of amides is 2. The van der Waals surface area contributed by atoms with Gasteiger partial charge >= 0.3 is 0 Å². The minimum absolute atomic E-state index is 0.0313. The summed E-state index contributed by atoms with van der Waals surface area (Å²) >= 11 is 0. The number of hydrogen-bond acceptors (Lipinski definition) is 4. The molecule has 0 saturated carbocycles. The van der Waals surface area contributed by atoms with E-state index in [9.17, 15) is 9.59 Å². The van der Waals surface area contributed by atoms with Crippen molar-refractivity contribution < 1.29 is 19.1 Å². The van der Waals surface area contributed by atoms with E-state index in [1.54, 1.807) is 37.5 Å². The fourth-order valence-corrected chi connectivity index (χ4v) is 2.16. The van der Waals surface area contributed by atoms with Crippen molar-refractivity contribution in [3.05, 3.63) is 42.5 Å². The summed E-state index contributed by atoms with van der Waals surface area (Å²) in [6, 6.07) is 4.62. The molecule has 6 heteroatoms. The standard InChI is InChI=1S/C19H26N2O4/c1-5-11-25-15-9-7-14(12-16(15)24-4)8-10-17(22)21-18(19(20)23)13(3)6-2/h5,7-10,12-13,18H,1,6,11H2,2-4H3,(H2,20,23)(H,21,22). The number of ether oxygens (including phenoxy) is 2. The largest absolute Gasteiger partial charge is 0.493 e. The van der Waals surface area contributed by atoms with Gasteiger partial charge in [-0.1, -0.05) is 39.0 Å². The maximum Gasteiger partial charge on any atom is 0.244 e. The van der Waals surface area contributed by atoms with Gasteiger partial charge in [0.15, 0.2) is 11.5 Å². The van der Waals surface area contributed by atoms with Gasteiger partial charge in [0.05, 0.1) is 7.11 Å². The van der Waals surface area contributed by atoms with Crippen LogP contribution < -0.4 is 20.5 Å². The van der Waals surface area contributed by atoms with E-state index in [0.717, 1.165) is 12.0 Å². The number of hydrogen-bond donors (Lipinski definition) is 2. The quantitative estimate of drug-likeness (QED) is 0.502. The van der Waals surface area contributed by atoms with E-state index in [-0.39, 0.29) is 11.8 Å². The number of carbonyl (C=O) groups is 2. The lowest BCUT2D eigenvalue weighted by Crippen LogP contribution is -2.47. The van der Waals surface area contributed by atoms with E-state index in [0.29, 0.717) is 18.1 Å². The lowest BCUT2D eigenvalue weighted by molar-refractivity contribution is -0.126. The molecule has 0 spiro atoms. The molecule has 0 saturated heterocycles. The number of primary amides is 1. The molecule has 0 aliphatic rings. The molecule has 0 radical (unpaired) electrons. The molecule has 6 nitrogen and oxygen atoms in total. The van der Waals surface area contributed by atoms with Crippen LogP contribution in [0.2, 0.25) is 0 Å². The molecule has 2 atom stereocenters. The zero-order valence-corrected chi connectivity index (χ0v) is 15.0. The Hall–Kier alpha value is -2.76. The van der Waals surface area contributed by atoms with Crippen LogP contribution in [0.25, 0.3) is 6.08 Å². The van der Waals surface area contributed by atoms with Crippen LogP contribution in [0.4, 0.5) is 0 Å². The van der Waals surface area contributed by atoms with Crippen LogP contribution in [0.5, 0.6) is 11.5 Å². The summed E-state index contributed by atoms with van der Waals surface area (Å²) in [6.07, 6.45) is 5.37. The first kappa shape index (κ1) is 20.3. The number of nitrogens with two attached hydrogens (primary N) is 1. The molecule has 0 aliphatic heterocycles. The van der Waals surface area contributed by atoms with Crippen LogP contribution >= 0.6 is 0 Å². The van der Waals surface area contributed by atoms with Gasteiger partial charge in [-0.05, 0) is 29.7 Å². The molecule has 25 heavy (non-hydrogen) atoms. The summed E-state index contributed by atoms with van der Waals surface area (Å²) in [5.74, 6) is 0.196. The summed E-state index contributed by atoms with van der Waals surface area (Å²) in [5, 5.41) is 2.64. The monoisotopic (exact) mass is 346 g/mol. The lowest BCUT2D eigenvalue weighted by Gasteiger charge is -2.20. The highest BCUT2D eigenvalue weighted by atomic mass is 16.5. The van der Waals surface area contributed by atoms with Gasteiger partial charge in [-0.3, -0.25) is 9.59 Å². The normalized spacial score (nSPS) is 13.1. The third kappa shape index (κ3) is 6.33. The Bertz CT molecular complexity index is 640. The Kier molecular flexibility index (Phi) is 8.26. The highest BCUT2D eigenvalue weighted by Crippen LogP contribution is 2.28. The third-order valence-corrected chi connectivity index (χ3v) is 3.79. The Morgan fingerprint density at radius 1 is 1.36 bits per heavy atom. The van der Waals surface area contributed by atoms with Crippen LogP contribution in [0.15, 0.2) is 36.9 Å². The number of rotatable bonds is 10. The van der Waals surface area contributed by atoms with E-state index < -0.39 is 11.9 Å². The molecule has 0 fully saturated rings. The Morgan fingerprint density at radius 2 is 2.08 bits per heavy atom. The Morgan fingerprint density at radius 3 is 2.64 bits per heavy atom. The first-order valence-electron chi connectivity index (χ1n) is 8.12. The van der Waals surface area contributed by atoms with Crippen LogP contribution in [-0.4, -0.2) is 31.6 Å². The predicted molar refractivity (Wildman–Crippen MR) is 98.3 cm³/mol. The van der Waals surface area contributed by atoms with E-state index in [1.807, 2.05) is 13.8 Å². The molecule has 136 valence electrons. The number of nitrogens with one attached hydrogen (secondary N) is 1. The average molecular weight is 346 g/mol. The van der Waals surface area contributed by atoms with E-state index in [2.05, 4.69) is 11.9 Å². The first-order valence-corrected chi connectivity index (χ1v) is 8.12. The number of methoxy groups -OCH3 is 1. The molecule has 0 heterocycles. The van der Waals surface area contributed by atoms with Crippen molar-refractivity contribution >= 4 is 17.9 Å². The molecule has 2 amide bonds. The molecule has 1 rings (SSSR count).